The SMILES string of the molecule is CSc1ncc2c(n1)N(C)C(=O)N([C@H]1CCN(C(=O)OC(C)(C)C)C3CCC[C@H]31)C2. The van der Waals surface area contributed by atoms with Gasteiger partial charge in [0.1, 0.15) is 11.4 Å². The Kier molecular flexibility index (Phi) is 5.59. The number of nitrogens with zero attached hydrogens (tertiary/aromatic N) is 5. The van der Waals surface area contributed by atoms with Gasteiger partial charge in [-0.15, -0.1) is 0 Å². The van der Waals surface area contributed by atoms with Crippen LogP contribution in [0.5, 0.6) is 0 Å². The van der Waals surface area contributed by atoms with E-state index in [2.05, 4.69) is 9.97 Å². The Labute approximate surface area is 182 Å². The molecule has 8 nitrogen and oxygen atoms in total. The van der Waals surface area contributed by atoms with Crippen molar-refractivity contribution in [1.82, 2.24) is 19.8 Å². The molecule has 3 atom stereocenters. The first-order chi connectivity index (χ1) is 14.2. The van der Waals surface area contributed by atoms with Crippen molar-refractivity contribution in [1.29, 1.82) is 0 Å². The summed E-state index contributed by atoms with van der Waals surface area (Å²) in [6, 6.07) is 0.224. The maximum absolute atomic E-state index is 13.3. The lowest BCUT2D eigenvalue weighted by atomic mass is 9.85. The van der Waals surface area contributed by atoms with Gasteiger partial charge in [0.2, 0.25) is 0 Å². The zero-order valence-electron chi connectivity index (χ0n) is 18.4. The minimum atomic E-state index is -0.507. The lowest BCUT2D eigenvalue weighted by Gasteiger charge is -2.48. The van der Waals surface area contributed by atoms with E-state index in [9.17, 15) is 9.59 Å². The number of anilines is 1. The Morgan fingerprint density at radius 3 is 2.70 bits per heavy atom. The monoisotopic (exact) mass is 433 g/mol. The molecule has 0 spiro atoms. The standard InChI is InChI=1S/C21H31N5O3S/c1-21(2,3)29-20(28)25-10-9-16(14-7-6-8-15(14)25)26-12-13-11-22-18(30-5)23-17(13)24(4)19(26)27/h11,14-16H,6-10,12H2,1-5H3/t14-,15?,16+/m1/s1. The third-order valence-electron chi connectivity index (χ3n) is 6.31. The Morgan fingerprint density at radius 2 is 2.00 bits per heavy atom. The van der Waals surface area contributed by atoms with E-state index >= 15 is 0 Å². The first-order valence-corrected chi connectivity index (χ1v) is 11.9. The molecule has 0 radical (unpaired) electrons. The van der Waals surface area contributed by atoms with Gasteiger partial charge in [-0.1, -0.05) is 18.2 Å². The summed E-state index contributed by atoms with van der Waals surface area (Å²) in [6.07, 6.45) is 7.36. The van der Waals surface area contributed by atoms with Gasteiger partial charge in [-0.05, 0) is 46.3 Å². The molecule has 2 fully saturated rings. The number of aromatic nitrogens is 2. The van der Waals surface area contributed by atoms with Crippen LogP contribution in [0.1, 0.15) is 52.0 Å². The minimum absolute atomic E-state index is 0.0189. The van der Waals surface area contributed by atoms with Crippen molar-refractivity contribution in [3.8, 4) is 0 Å². The van der Waals surface area contributed by atoms with Gasteiger partial charge in [0.05, 0.1) is 6.54 Å². The average molecular weight is 434 g/mol. The van der Waals surface area contributed by atoms with E-state index in [0.717, 1.165) is 31.2 Å². The maximum Gasteiger partial charge on any atom is 0.410 e. The topological polar surface area (TPSA) is 78.9 Å². The van der Waals surface area contributed by atoms with Crippen LogP contribution in [0.3, 0.4) is 0 Å². The van der Waals surface area contributed by atoms with Crippen LogP contribution >= 0.6 is 11.8 Å². The minimum Gasteiger partial charge on any atom is -0.444 e. The quantitative estimate of drug-likeness (QED) is 0.522. The number of fused-ring (bicyclic) bond motifs is 2. The number of ether oxygens (including phenoxy) is 1. The highest BCUT2D eigenvalue weighted by Gasteiger charge is 2.48. The van der Waals surface area contributed by atoms with E-state index in [4.69, 9.17) is 4.74 Å². The molecule has 1 saturated carbocycles. The fourth-order valence-corrected chi connectivity index (χ4v) is 5.40. The molecule has 0 aromatic carbocycles. The van der Waals surface area contributed by atoms with Crippen LogP contribution in [0, 0.1) is 5.92 Å². The van der Waals surface area contributed by atoms with Crippen molar-refractivity contribution in [3.05, 3.63) is 11.8 Å². The highest BCUT2D eigenvalue weighted by molar-refractivity contribution is 7.98. The van der Waals surface area contributed by atoms with Gasteiger partial charge >= 0.3 is 12.1 Å². The van der Waals surface area contributed by atoms with Crippen molar-refractivity contribution < 1.29 is 14.3 Å². The third-order valence-corrected chi connectivity index (χ3v) is 6.88. The molecule has 4 rings (SSSR count). The van der Waals surface area contributed by atoms with Gasteiger partial charge in [0.15, 0.2) is 5.16 Å². The molecule has 1 aromatic heterocycles. The van der Waals surface area contributed by atoms with Gasteiger partial charge in [-0.25, -0.2) is 19.6 Å². The third kappa shape index (κ3) is 3.84. The van der Waals surface area contributed by atoms with Crippen LogP contribution in [0.2, 0.25) is 0 Å². The van der Waals surface area contributed by atoms with E-state index in [1.807, 2.05) is 43.0 Å². The number of hydrogen-bond donors (Lipinski definition) is 0. The second-order valence-corrected chi connectivity index (χ2v) is 10.1. The van der Waals surface area contributed by atoms with Crippen molar-refractivity contribution in [3.63, 3.8) is 0 Å². The van der Waals surface area contributed by atoms with Gasteiger partial charge in [0.25, 0.3) is 0 Å². The van der Waals surface area contributed by atoms with E-state index in [0.29, 0.717) is 24.1 Å². The number of thioether (sulfide) groups is 1. The van der Waals surface area contributed by atoms with E-state index in [1.165, 1.54) is 11.8 Å². The molecule has 9 heteroatoms. The molecule has 3 amide bonds. The summed E-state index contributed by atoms with van der Waals surface area (Å²) in [5, 5.41) is 0.670. The Balaban J connectivity index is 1.55. The molecule has 0 N–H and O–H groups in total. The molecular weight excluding hydrogens is 402 g/mol. The normalized spacial score (nSPS) is 26.5. The van der Waals surface area contributed by atoms with Gasteiger partial charge in [-0.2, -0.15) is 0 Å². The number of likely N-dealkylation sites (tertiary alicyclic amines) is 1. The van der Waals surface area contributed by atoms with Crippen LogP contribution < -0.4 is 4.90 Å². The molecule has 164 valence electrons. The Morgan fingerprint density at radius 1 is 1.23 bits per heavy atom. The van der Waals surface area contributed by atoms with Crippen LogP contribution in [0.4, 0.5) is 15.4 Å². The van der Waals surface area contributed by atoms with Gasteiger partial charge in [0, 0.05) is 43.4 Å². The molecule has 3 aliphatic rings. The highest BCUT2D eigenvalue weighted by atomic mass is 32.2. The fraction of sp³-hybridized carbons (Fsp3) is 0.714. The summed E-state index contributed by atoms with van der Waals surface area (Å²) in [4.78, 5) is 40.5. The average Bonchev–Trinajstić information content (AvgIpc) is 3.18. The first-order valence-electron chi connectivity index (χ1n) is 10.6. The Bertz CT molecular complexity index is 842. The van der Waals surface area contributed by atoms with Crippen LogP contribution in [0.25, 0.3) is 0 Å². The molecule has 1 saturated heterocycles. The largest absolute Gasteiger partial charge is 0.444 e. The van der Waals surface area contributed by atoms with Crippen molar-refractivity contribution in [2.45, 2.75) is 75.8 Å². The molecule has 1 unspecified atom stereocenters. The van der Waals surface area contributed by atoms with E-state index in [-0.39, 0.29) is 30.1 Å². The van der Waals surface area contributed by atoms with Crippen molar-refractivity contribution in [2.24, 2.45) is 5.92 Å². The second kappa shape index (κ2) is 7.90. The van der Waals surface area contributed by atoms with E-state index in [1.54, 1.807) is 11.9 Å². The number of rotatable bonds is 2. The second-order valence-electron chi connectivity index (χ2n) is 9.37. The predicted molar refractivity (Wildman–Crippen MR) is 116 cm³/mol. The van der Waals surface area contributed by atoms with Crippen LogP contribution in [-0.2, 0) is 11.3 Å². The lowest BCUT2D eigenvalue weighted by molar-refractivity contribution is -0.0105. The summed E-state index contributed by atoms with van der Waals surface area (Å²) in [6.45, 7) is 6.83. The fourth-order valence-electron chi connectivity index (χ4n) is 5.07. The summed E-state index contributed by atoms with van der Waals surface area (Å²) < 4.78 is 5.65. The molecule has 1 aromatic rings. The summed E-state index contributed by atoms with van der Waals surface area (Å²) in [7, 11) is 1.78. The highest BCUT2D eigenvalue weighted by Crippen LogP contribution is 2.42. The summed E-state index contributed by atoms with van der Waals surface area (Å²) in [5.74, 6) is 0.973. The first kappa shape index (κ1) is 21.2. The number of piperidine rings is 1. The number of carbonyl (C=O) groups is 2. The van der Waals surface area contributed by atoms with Crippen molar-refractivity contribution in [2.75, 3.05) is 24.7 Å². The molecule has 30 heavy (non-hydrogen) atoms. The van der Waals surface area contributed by atoms with Crippen LogP contribution in [-0.4, -0.2) is 69.4 Å². The number of urea groups is 1. The number of hydrogen-bond acceptors (Lipinski definition) is 6. The smallest absolute Gasteiger partial charge is 0.410 e. The number of carbonyl (C=O) groups excluding carboxylic acids is 2. The zero-order chi connectivity index (χ0) is 21.6. The summed E-state index contributed by atoms with van der Waals surface area (Å²) in [5.41, 5.74) is 0.464. The number of amides is 3. The lowest BCUT2D eigenvalue weighted by Crippen LogP contribution is -2.60. The van der Waals surface area contributed by atoms with Gasteiger partial charge < -0.3 is 14.5 Å². The summed E-state index contributed by atoms with van der Waals surface area (Å²) >= 11 is 1.47. The molecule has 2 aliphatic heterocycles. The van der Waals surface area contributed by atoms with Gasteiger partial charge in [-0.3, -0.25) is 4.90 Å². The predicted octanol–water partition coefficient (Wildman–Crippen LogP) is 3.75. The maximum atomic E-state index is 13.3. The Hall–Kier alpha value is -2.03. The molecule has 3 heterocycles. The molecular formula is C21H31N5O3S. The zero-order valence-corrected chi connectivity index (χ0v) is 19.2. The molecule has 1 aliphatic carbocycles. The van der Waals surface area contributed by atoms with Crippen molar-refractivity contribution >= 4 is 29.7 Å². The van der Waals surface area contributed by atoms with Crippen LogP contribution in [0.15, 0.2) is 11.4 Å². The molecule has 0 bridgehead atoms. The van der Waals surface area contributed by atoms with E-state index < -0.39 is 5.60 Å².